The Labute approximate surface area is 74.9 Å². The van der Waals surface area contributed by atoms with Gasteiger partial charge in [0.25, 0.3) is 0 Å². The fraction of sp³-hybridized carbons (Fsp3) is 0.143. The Morgan fingerprint density at radius 1 is 1.23 bits per heavy atom. The molecule has 0 N–H and O–H groups in total. The molecule has 0 aromatic rings. The van der Waals surface area contributed by atoms with Crippen molar-refractivity contribution >= 4 is 12.2 Å². The average molecular weight is 187 g/mol. The van der Waals surface area contributed by atoms with Crippen molar-refractivity contribution < 1.29 is 23.9 Å². The van der Waals surface area contributed by atoms with E-state index in [2.05, 4.69) is 27.5 Å². The highest BCUT2D eigenvalue weighted by molar-refractivity contribution is 5.69. The molecule has 0 aliphatic carbocycles. The maximum absolute atomic E-state index is 10.8. The molecule has 0 unspecified atom stereocenters. The number of hydrogen-bond acceptors (Lipinski definition) is 5. The highest BCUT2D eigenvalue weighted by Gasteiger charge is 2.14. The van der Waals surface area contributed by atoms with Crippen molar-refractivity contribution in [3.05, 3.63) is 25.7 Å². The summed E-state index contributed by atoms with van der Waals surface area (Å²) in [5, 5.41) is 0.549. The van der Waals surface area contributed by atoms with E-state index in [1.807, 2.05) is 0 Å². The van der Waals surface area contributed by atoms with E-state index in [4.69, 9.17) is 0 Å². The van der Waals surface area contributed by atoms with E-state index in [0.29, 0.717) is 5.06 Å². The Hall–Kier alpha value is -1.98. The van der Waals surface area contributed by atoms with Crippen molar-refractivity contribution in [1.29, 1.82) is 0 Å². The number of carbonyl (C=O) groups excluding carboxylic acids is 2. The van der Waals surface area contributed by atoms with Crippen molar-refractivity contribution in [3.8, 4) is 0 Å². The predicted molar refractivity (Wildman–Crippen MR) is 42.2 cm³/mol. The summed E-state index contributed by atoms with van der Waals surface area (Å²) in [5.41, 5.74) is 0. The smallest absolute Gasteiger partial charge is 0.417 e. The number of ether oxygens (including phenoxy) is 2. The van der Waals surface area contributed by atoms with Gasteiger partial charge in [-0.15, -0.1) is 5.06 Å². The van der Waals surface area contributed by atoms with Gasteiger partial charge in [0, 0.05) is 0 Å². The first kappa shape index (κ1) is 11.0. The molecule has 0 atom stereocenters. The first-order valence-electron chi connectivity index (χ1n) is 3.16. The minimum absolute atomic E-state index is 0.549. The van der Waals surface area contributed by atoms with Gasteiger partial charge >= 0.3 is 12.2 Å². The Balaban J connectivity index is 3.90. The van der Waals surface area contributed by atoms with E-state index in [-0.39, 0.29) is 0 Å². The molecule has 0 aromatic heterocycles. The largest absolute Gasteiger partial charge is 0.538 e. The van der Waals surface area contributed by atoms with Crippen LogP contribution in [-0.4, -0.2) is 24.4 Å². The lowest BCUT2D eigenvalue weighted by Gasteiger charge is -2.12. The first-order chi connectivity index (χ1) is 6.11. The molecule has 0 radical (unpaired) electrons. The second-order valence-electron chi connectivity index (χ2n) is 1.67. The molecule has 1 amide bonds. The number of hydrogen-bond donors (Lipinski definition) is 0. The van der Waals surface area contributed by atoms with Crippen molar-refractivity contribution in [1.82, 2.24) is 5.06 Å². The Bertz CT molecular complexity index is 225. The summed E-state index contributed by atoms with van der Waals surface area (Å²) in [6.07, 6.45) is -0.203. The summed E-state index contributed by atoms with van der Waals surface area (Å²) in [6.45, 7) is 6.26. The quantitative estimate of drug-likeness (QED) is 0.371. The molecular formula is C7H9NO5. The zero-order valence-electron chi connectivity index (χ0n) is 7.06. The van der Waals surface area contributed by atoms with Gasteiger partial charge in [-0.3, -0.25) is 0 Å². The van der Waals surface area contributed by atoms with Gasteiger partial charge in [-0.25, -0.2) is 9.59 Å². The van der Waals surface area contributed by atoms with Crippen LogP contribution in [0, 0.1) is 0 Å². The second kappa shape index (κ2) is 5.64. The summed E-state index contributed by atoms with van der Waals surface area (Å²) < 4.78 is 8.44. The zero-order valence-corrected chi connectivity index (χ0v) is 7.06. The second-order valence-corrected chi connectivity index (χ2v) is 1.67. The van der Waals surface area contributed by atoms with Gasteiger partial charge in [0.05, 0.1) is 19.6 Å². The third-order valence-electron chi connectivity index (χ3n) is 0.832. The van der Waals surface area contributed by atoms with Crippen molar-refractivity contribution in [3.63, 3.8) is 0 Å². The molecule has 0 bridgehead atoms. The summed E-state index contributed by atoms with van der Waals surface area (Å²) in [4.78, 5) is 25.6. The standard InChI is InChI=1S/C7H9NO5/c1-4-11-6(9)8(3)13-7(10)12-5-2/h4-5H,1-2H2,3H3. The van der Waals surface area contributed by atoms with Gasteiger partial charge in [-0.2, -0.15) is 0 Å². The fourth-order valence-corrected chi connectivity index (χ4v) is 0.384. The number of nitrogens with zero attached hydrogens (tertiary/aromatic N) is 1. The zero-order chi connectivity index (χ0) is 10.3. The number of carbonyl (C=O) groups is 2. The van der Waals surface area contributed by atoms with Gasteiger partial charge < -0.3 is 14.3 Å². The number of rotatable bonds is 2. The van der Waals surface area contributed by atoms with Crippen LogP contribution in [0.25, 0.3) is 0 Å². The molecule has 0 saturated heterocycles. The third kappa shape index (κ3) is 4.46. The van der Waals surface area contributed by atoms with Crippen LogP contribution in [0.5, 0.6) is 0 Å². The van der Waals surface area contributed by atoms with Crippen LogP contribution >= 0.6 is 0 Å². The Morgan fingerprint density at radius 2 is 1.77 bits per heavy atom. The predicted octanol–water partition coefficient (Wildman–Crippen LogP) is 1.41. The van der Waals surface area contributed by atoms with E-state index < -0.39 is 12.2 Å². The third-order valence-corrected chi connectivity index (χ3v) is 0.832. The van der Waals surface area contributed by atoms with Gasteiger partial charge in [0.15, 0.2) is 0 Å². The van der Waals surface area contributed by atoms with E-state index in [9.17, 15) is 9.59 Å². The van der Waals surface area contributed by atoms with Crippen LogP contribution in [0.1, 0.15) is 0 Å². The molecule has 0 aliphatic rings. The van der Waals surface area contributed by atoms with Gasteiger partial charge in [-0.1, -0.05) is 13.2 Å². The maximum atomic E-state index is 10.8. The molecule has 0 rings (SSSR count). The maximum Gasteiger partial charge on any atom is 0.538 e. The molecule has 6 heteroatoms. The lowest BCUT2D eigenvalue weighted by Crippen LogP contribution is -2.29. The van der Waals surface area contributed by atoms with E-state index in [1.165, 1.54) is 7.05 Å². The van der Waals surface area contributed by atoms with Crippen molar-refractivity contribution in [2.45, 2.75) is 0 Å². The van der Waals surface area contributed by atoms with Crippen LogP contribution in [0.4, 0.5) is 9.59 Å². The normalized spacial score (nSPS) is 8.08. The summed E-state index contributed by atoms with van der Waals surface area (Å²) in [5.74, 6) is 0. The van der Waals surface area contributed by atoms with E-state index >= 15 is 0 Å². The van der Waals surface area contributed by atoms with Crippen molar-refractivity contribution in [2.75, 3.05) is 7.05 Å². The van der Waals surface area contributed by atoms with Gasteiger partial charge in [0.1, 0.15) is 0 Å². The lowest BCUT2D eigenvalue weighted by atomic mass is 11.0. The van der Waals surface area contributed by atoms with Crippen LogP contribution < -0.4 is 0 Å². The molecule has 0 aliphatic heterocycles. The first-order valence-corrected chi connectivity index (χ1v) is 3.16. The Kier molecular flexibility index (Phi) is 4.78. The van der Waals surface area contributed by atoms with Gasteiger partial charge in [0.2, 0.25) is 0 Å². The summed E-state index contributed by atoms with van der Waals surface area (Å²) in [6, 6.07) is 0. The molecular weight excluding hydrogens is 178 g/mol. The fourth-order valence-electron chi connectivity index (χ4n) is 0.384. The molecule has 0 heterocycles. The van der Waals surface area contributed by atoms with Crippen LogP contribution in [0.2, 0.25) is 0 Å². The number of hydroxylamine groups is 2. The minimum atomic E-state index is -1.08. The van der Waals surface area contributed by atoms with Gasteiger partial charge in [-0.05, 0) is 0 Å². The summed E-state index contributed by atoms with van der Waals surface area (Å²) >= 11 is 0. The topological polar surface area (TPSA) is 65.1 Å². The molecule has 0 spiro atoms. The lowest BCUT2D eigenvalue weighted by molar-refractivity contribution is -0.0803. The monoisotopic (exact) mass is 187 g/mol. The number of amides is 1. The molecule has 6 nitrogen and oxygen atoms in total. The molecule has 72 valence electrons. The summed E-state index contributed by atoms with van der Waals surface area (Å²) in [7, 11) is 1.18. The Morgan fingerprint density at radius 3 is 2.23 bits per heavy atom. The molecule has 0 saturated carbocycles. The molecule has 0 fully saturated rings. The van der Waals surface area contributed by atoms with Crippen LogP contribution in [-0.2, 0) is 14.3 Å². The molecule has 13 heavy (non-hydrogen) atoms. The highest BCUT2D eigenvalue weighted by Crippen LogP contribution is 1.94. The van der Waals surface area contributed by atoms with Crippen LogP contribution in [0.3, 0.4) is 0 Å². The van der Waals surface area contributed by atoms with Crippen molar-refractivity contribution in [2.24, 2.45) is 0 Å². The highest BCUT2D eigenvalue weighted by atomic mass is 16.8. The average Bonchev–Trinajstić information content (AvgIpc) is 2.05. The van der Waals surface area contributed by atoms with E-state index in [1.54, 1.807) is 0 Å². The van der Waals surface area contributed by atoms with E-state index in [0.717, 1.165) is 12.5 Å². The SMILES string of the molecule is C=COC(=O)ON(C)C(=O)OC=C. The van der Waals surface area contributed by atoms with Crippen LogP contribution in [0.15, 0.2) is 25.7 Å². The minimum Gasteiger partial charge on any atom is -0.417 e. The molecule has 0 aromatic carbocycles.